The Bertz CT molecular complexity index is 140. The van der Waals surface area contributed by atoms with E-state index in [4.69, 9.17) is 0 Å². The Balaban J connectivity index is 2.46. The average Bonchev–Trinajstić information content (AvgIpc) is 2.34. The fraction of sp³-hybridized carbons (Fsp3) is 0.833. The van der Waals surface area contributed by atoms with Crippen LogP contribution in [0.25, 0.3) is 0 Å². The van der Waals surface area contributed by atoms with Gasteiger partial charge in [-0.15, -0.1) is 9.60 Å². The number of methoxy groups -OCH3 is 1. The molecule has 4 heteroatoms. The lowest BCUT2D eigenvalue weighted by molar-refractivity contribution is -0.151. The van der Waals surface area contributed by atoms with Crippen LogP contribution < -0.4 is 0 Å². The standard InChI is InChI=1S/C6H10FNO2/c1-10-6(9)5-3-2-4-8(5)7/h5H,2-4H2,1H3. The summed E-state index contributed by atoms with van der Waals surface area (Å²) >= 11 is 0. The lowest BCUT2D eigenvalue weighted by atomic mass is 10.2. The van der Waals surface area contributed by atoms with Gasteiger partial charge >= 0.3 is 5.97 Å². The van der Waals surface area contributed by atoms with Crippen molar-refractivity contribution < 1.29 is 14.0 Å². The molecule has 58 valence electrons. The summed E-state index contributed by atoms with van der Waals surface area (Å²) in [5.41, 5.74) is 0. The van der Waals surface area contributed by atoms with Crippen LogP contribution in [0, 0.1) is 0 Å². The molecule has 1 aliphatic heterocycles. The first kappa shape index (κ1) is 7.47. The Hall–Kier alpha value is -0.640. The maximum atomic E-state index is 12.6. The van der Waals surface area contributed by atoms with Gasteiger partial charge in [0.25, 0.3) is 0 Å². The molecule has 0 bridgehead atoms. The number of ether oxygens (including phenoxy) is 1. The number of hydrogen-bond acceptors (Lipinski definition) is 3. The summed E-state index contributed by atoms with van der Waals surface area (Å²) in [5.74, 6) is -0.472. The normalized spacial score (nSPS) is 26.8. The van der Waals surface area contributed by atoms with Crippen LogP contribution in [0.4, 0.5) is 4.48 Å². The van der Waals surface area contributed by atoms with Crippen molar-refractivity contribution in [3.63, 3.8) is 0 Å². The number of carbonyl (C=O) groups excluding carboxylic acids is 1. The molecule has 1 fully saturated rings. The second kappa shape index (κ2) is 2.96. The van der Waals surface area contributed by atoms with Gasteiger partial charge in [-0.3, -0.25) is 4.79 Å². The molecular weight excluding hydrogens is 137 g/mol. The molecule has 0 aromatic carbocycles. The van der Waals surface area contributed by atoms with Crippen LogP contribution in [0.1, 0.15) is 12.8 Å². The monoisotopic (exact) mass is 147 g/mol. The summed E-state index contributed by atoms with van der Waals surface area (Å²) < 4.78 is 16.9. The smallest absolute Gasteiger partial charge is 0.325 e. The van der Waals surface area contributed by atoms with Gasteiger partial charge in [-0.05, 0) is 12.8 Å². The minimum absolute atomic E-state index is 0.347. The first-order valence-electron chi connectivity index (χ1n) is 3.26. The zero-order valence-corrected chi connectivity index (χ0v) is 5.84. The number of halogens is 1. The minimum atomic E-state index is -0.648. The van der Waals surface area contributed by atoms with Crippen molar-refractivity contribution in [2.45, 2.75) is 18.9 Å². The highest BCUT2D eigenvalue weighted by atomic mass is 19.2. The maximum absolute atomic E-state index is 12.6. The Morgan fingerprint density at radius 2 is 2.50 bits per heavy atom. The van der Waals surface area contributed by atoms with E-state index in [-0.39, 0.29) is 0 Å². The lowest BCUT2D eigenvalue weighted by Crippen LogP contribution is -2.30. The molecule has 10 heavy (non-hydrogen) atoms. The van der Waals surface area contributed by atoms with E-state index in [2.05, 4.69) is 4.74 Å². The van der Waals surface area contributed by atoms with E-state index in [1.165, 1.54) is 7.11 Å². The summed E-state index contributed by atoms with van der Waals surface area (Å²) in [6, 6.07) is -0.648. The zero-order chi connectivity index (χ0) is 7.56. The third kappa shape index (κ3) is 1.26. The first-order chi connectivity index (χ1) is 4.75. The van der Waals surface area contributed by atoms with Gasteiger partial charge in [0.2, 0.25) is 0 Å². The predicted octanol–water partition coefficient (Wildman–Crippen LogP) is 0.508. The van der Waals surface area contributed by atoms with E-state index in [1.54, 1.807) is 0 Å². The third-order valence-electron chi connectivity index (χ3n) is 1.66. The van der Waals surface area contributed by atoms with Gasteiger partial charge in [0, 0.05) is 6.54 Å². The van der Waals surface area contributed by atoms with Gasteiger partial charge in [-0.1, -0.05) is 0 Å². The number of nitrogens with zero attached hydrogens (tertiary/aromatic N) is 1. The van der Waals surface area contributed by atoms with Gasteiger partial charge < -0.3 is 4.74 Å². The topological polar surface area (TPSA) is 29.5 Å². The number of hydrogen-bond donors (Lipinski definition) is 0. The van der Waals surface area contributed by atoms with E-state index >= 15 is 0 Å². The van der Waals surface area contributed by atoms with E-state index in [9.17, 15) is 9.28 Å². The molecule has 1 atom stereocenters. The molecule has 0 radical (unpaired) electrons. The molecule has 1 rings (SSSR count). The Labute approximate surface area is 58.7 Å². The van der Waals surface area contributed by atoms with Crippen molar-refractivity contribution in [3.8, 4) is 0 Å². The molecule has 3 nitrogen and oxygen atoms in total. The van der Waals surface area contributed by atoms with Crippen LogP contribution in [-0.4, -0.2) is 30.8 Å². The van der Waals surface area contributed by atoms with Crippen molar-refractivity contribution in [1.29, 1.82) is 0 Å². The molecule has 0 amide bonds. The SMILES string of the molecule is COC(=O)C1CCCN1F. The third-order valence-corrected chi connectivity index (χ3v) is 1.66. The van der Waals surface area contributed by atoms with Crippen LogP contribution in [0.5, 0.6) is 0 Å². The van der Waals surface area contributed by atoms with Crippen molar-refractivity contribution in [2.75, 3.05) is 13.7 Å². The summed E-state index contributed by atoms with van der Waals surface area (Å²) in [6.45, 7) is 0.347. The van der Waals surface area contributed by atoms with Gasteiger partial charge in [0.15, 0.2) is 0 Å². The van der Waals surface area contributed by atoms with Crippen molar-refractivity contribution >= 4 is 5.97 Å². The highest BCUT2D eigenvalue weighted by Crippen LogP contribution is 2.17. The predicted molar refractivity (Wildman–Crippen MR) is 32.9 cm³/mol. The number of esters is 1. The van der Waals surface area contributed by atoms with Gasteiger partial charge in [0.05, 0.1) is 7.11 Å². The summed E-state index contributed by atoms with van der Waals surface area (Å²) in [6.07, 6.45) is 1.31. The average molecular weight is 147 g/mol. The molecule has 1 aliphatic rings. The van der Waals surface area contributed by atoms with E-state index in [1.807, 2.05) is 0 Å². The fourth-order valence-corrected chi connectivity index (χ4v) is 1.10. The van der Waals surface area contributed by atoms with Crippen molar-refractivity contribution in [1.82, 2.24) is 5.12 Å². The van der Waals surface area contributed by atoms with Crippen LogP contribution in [0.15, 0.2) is 0 Å². The van der Waals surface area contributed by atoms with Crippen molar-refractivity contribution in [3.05, 3.63) is 0 Å². The molecule has 0 saturated carbocycles. The maximum Gasteiger partial charge on any atom is 0.325 e. The molecule has 1 unspecified atom stereocenters. The number of rotatable bonds is 1. The fourth-order valence-electron chi connectivity index (χ4n) is 1.10. The van der Waals surface area contributed by atoms with Crippen molar-refractivity contribution in [2.24, 2.45) is 0 Å². The molecule has 1 saturated heterocycles. The van der Waals surface area contributed by atoms with E-state index < -0.39 is 12.0 Å². The molecule has 0 spiro atoms. The summed E-state index contributed by atoms with van der Waals surface area (Å²) in [4.78, 5) is 10.7. The van der Waals surface area contributed by atoms with Crippen LogP contribution >= 0.6 is 0 Å². The number of carbonyl (C=O) groups is 1. The summed E-state index contributed by atoms with van der Waals surface area (Å²) in [7, 11) is 1.27. The molecular formula is C6H10FNO2. The van der Waals surface area contributed by atoms with E-state index in [0.717, 1.165) is 6.42 Å². The van der Waals surface area contributed by atoms with Crippen LogP contribution in [0.3, 0.4) is 0 Å². The zero-order valence-electron chi connectivity index (χ0n) is 5.84. The largest absolute Gasteiger partial charge is 0.468 e. The molecule has 0 aromatic heterocycles. The minimum Gasteiger partial charge on any atom is -0.468 e. The Morgan fingerprint density at radius 1 is 1.80 bits per heavy atom. The van der Waals surface area contributed by atoms with E-state index in [0.29, 0.717) is 18.1 Å². The van der Waals surface area contributed by atoms with Gasteiger partial charge in [0.1, 0.15) is 6.04 Å². The first-order valence-corrected chi connectivity index (χ1v) is 3.26. The lowest BCUT2D eigenvalue weighted by Gasteiger charge is -2.10. The van der Waals surface area contributed by atoms with Crippen LogP contribution in [-0.2, 0) is 9.53 Å². The van der Waals surface area contributed by atoms with Gasteiger partial charge in [-0.25, -0.2) is 0 Å². The Kier molecular flexibility index (Phi) is 2.21. The second-order valence-electron chi connectivity index (χ2n) is 2.30. The van der Waals surface area contributed by atoms with Gasteiger partial charge in [-0.2, -0.15) is 0 Å². The highest BCUT2D eigenvalue weighted by molar-refractivity contribution is 5.75. The molecule has 0 aromatic rings. The summed E-state index contributed by atoms with van der Waals surface area (Å²) in [5, 5.41) is 0.534. The quantitative estimate of drug-likeness (QED) is 0.399. The molecule has 0 aliphatic carbocycles. The molecule has 0 N–H and O–H groups in total. The molecule has 1 heterocycles. The van der Waals surface area contributed by atoms with Crippen LogP contribution in [0.2, 0.25) is 0 Å². The Morgan fingerprint density at radius 3 is 2.90 bits per heavy atom. The second-order valence-corrected chi connectivity index (χ2v) is 2.30. The highest BCUT2D eigenvalue weighted by Gasteiger charge is 2.31.